The third-order valence-electron chi connectivity index (χ3n) is 11.0. The van der Waals surface area contributed by atoms with Crippen LogP contribution in [-0.4, -0.2) is 91.9 Å². The number of carbonyl (C=O) groups is 3. The van der Waals surface area contributed by atoms with E-state index in [0.717, 1.165) is 11.1 Å². The van der Waals surface area contributed by atoms with E-state index in [4.69, 9.17) is 28.4 Å². The number of esters is 3. The third kappa shape index (κ3) is 2.84. The smallest absolute Gasteiger partial charge is 0.337 e. The van der Waals surface area contributed by atoms with Gasteiger partial charge in [-0.25, -0.2) is 9.59 Å². The number of aliphatic hydroxyl groups excluding tert-OH is 2. The molecule has 0 aromatic rings. The maximum atomic E-state index is 14.1. The highest BCUT2D eigenvalue weighted by Gasteiger charge is 2.73. The van der Waals surface area contributed by atoms with Gasteiger partial charge in [-0.2, -0.15) is 0 Å². The van der Waals surface area contributed by atoms with Crippen molar-refractivity contribution in [3.8, 4) is 0 Å². The van der Waals surface area contributed by atoms with Gasteiger partial charge in [-0.1, -0.05) is 6.08 Å². The van der Waals surface area contributed by atoms with Gasteiger partial charge in [-0.3, -0.25) is 4.79 Å². The summed E-state index contributed by atoms with van der Waals surface area (Å²) in [4.78, 5) is 40.6. The average molecular weight is 569 g/mol. The van der Waals surface area contributed by atoms with Gasteiger partial charge in [0.2, 0.25) is 0 Å². The minimum absolute atomic E-state index is 0.00738. The molecule has 218 valence electrons. The summed E-state index contributed by atoms with van der Waals surface area (Å²) in [5.74, 6) is -2.55. The second kappa shape index (κ2) is 8.38. The van der Waals surface area contributed by atoms with Crippen molar-refractivity contribution < 1.29 is 53.0 Å². The standard InChI is InChI=1S/C30H32O11/c1-11-18-15(5-7-37-25(18)32)30(28(35)36-3)23(31)22-19-13(10-39-27(22)34)9-29-12(2)41-17(8-16(29)21(19)24(30)40-11)20-14(29)4-6-38-26(20)33/h9,11-12,16-17,21,23-25,31-32H,4-8,10H2,1-3H3/t11-,12+,16-,17+,21-,23+,24-,25+,29+,30-/m0/s1. The molecule has 0 aromatic carbocycles. The van der Waals surface area contributed by atoms with Crippen molar-refractivity contribution >= 4 is 17.9 Å². The van der Waals surface area contributed by atoms with Gasteiger partial charge in [0.05, 0.1) is 55.9 Å². The number of fused-ring (bicyclic) bond motifs is 4. The lowest BCUT2D eigenvalue weighted by molar-refractivity contribution is -0.214. The molecule has 6 aliphatic heterocycles. The molecule has 1 fully saturated rings. The van der Waals surface area contributed by atoms with Crippen LogP contribution in [0, 0.1) is 22.7 Å². The Kier molecular flexibility index (Phi) is 5.28. The number of hydrogen-bond donors (Lipinski definition) is 2. The number of hydrogen-bond acceptors (Lipinski definition) is 11. The van der Waals surface area contributed by atoms with E-state index in [-0.39, 0.29) is 49.8 Å². The second-order valence-electron chi connectivity index (χ2n) is 12.3. The Morgan fingerprint density at radius 3 is 2.54 bits per heavy atom. The fraction of sp³-hybridized carbons (Fsp3) is 0.633. The van der Waals surface area contributed by atoms with Crippen molar-refractivity contribution in [2.75, 3.05) is 26.9 Å². The van der Waals surface area contributed by atoms with Gasteiger partial charge in [0.25, 0.3) is 0 Å². The van der Waals surface area contributed by atoms with E-state index in [1.165, 1.54) is 7.11 Å². The van der Waals surface area contributed by atoms with E-state index in [2.05, 4.69) is 6.08 Å². The zero-order chi connectivity index (χ0) is 28.6. The van der Waals surface area contributed by atoms with Crippen molar-refractivity contribution in [1.82, 2.24) is 0 Å². The zero-order valence-corrected chi connectivity index (χ0v) is 23.0. The van der Waals surface area contributed by atoms with Gasteiger partial charge >= 0.3 is 17.9 Å². The summed E-state index contributed by atoms with van der Waals surface area (Å²) in [6.45, 7) is 4.17. The molecule has 3 aliphatic carbocycles. The molecule has 0 saturated carbocycles. The molecular weight excluding hydrogens is 536 g/mol. The number of carbonyl (C=O) groups excluding carboxylic acids is 3. The minimum Gasteiger partial charge on any atom is -0.468 e. The molecule has 11 heteroatoms. The first-order chi connectivity index (χ1) is 19.7. The number of ether oxygens (including phenoxy) is 6. The Morgan fingerprint density at radius 1 is 1.00 bits per heavy atom. The minimum atomic E-state index is -1.81. The van der Waals surface area contributed by atoms with E-state index in [1.807, 2.05) is 6.92 Å². The largest absolute Gasteiger partial charge is 0.468 e. The Labute approximate surface area is 235 Å². The van der Waals surface area contributed by atoms with Crippen LogP contribution in [0.25, 0.3) is 0 Å². The van der Waals surface area contributed by atoms with E-state index in [9.17, 15) is 24.6 Å². The predicted octanol–water partition coefficient (Wildman–Crippen LogP) is 0.790. The highest BCUT2D eigenvalue weighted by atomic mass is 16.6. The number of rotatable bonds is 1. The van der Waals surface area contributed by atoms with Gasteiger partial charge in [-0.05, 0) is 54.9 Å². The van der Waals surface area contributed by atoms with Crippen molar-refractivity contribution in [2.45, 2.75) is 69.9 Å². The topological polar surface area (TPSA) is 147 Å². The number of aliphatic hydroxyl groups is 2. The maximum absolute atomic E-state index is 14.1. The molecule has 0 aromatic heterocycles. The Morgan fingerprint density at radius 2 is 1.76 bits per heavy atom. The molecule has 11 nitrogen and oxygen atoms in total. The van der Waals surface area contributed by atoms with Crippen molar-refractivity contribution in [1.29, 1.82) is 0 Å². The molecule has 2 bridgehead atoms. The second-order valence-corrected chi connectivity index (χ2v) is 12.3. The summed E-state index contributed by atoms with van der Waals surface area (Å²) in [6.07, 6.45) is -2.02. The molecule has 9 aliphatic rings. The molecule has 6 heterocycles. The van der Waals surface area contributed by atoms with Crippen LogP contribution < -0.4 is 0 Å². The van der Waals surface area contributed by atoms with Crippen molar-refractivity contribution in [3.05, 3.63) is 45.1 Å². The summed E-state index contributed by atoms with van der Waals surface area (Å²) in [5.41, 5.74) is 1.25. The van der Waals surface area contributed by atoms with Crippen LogP contribution in [0.15, 0.2) is 45.1 Å². The van der Waals surface area contributed by atoms with Crippen LogP contribution >= 0.6 is 0 Å². The van der Waals surface area contributed by atoms with Crippen LogP contribution in [0.4, 0.5) is 0 Å². The first-order valence-electron chi connectivity index (χ1n) is 14.3. The van der Waals surface area contributed by atoms with Crippen LogP contribution in [0.2, 0.25) is 0 Å². The number of cyclic esters (lactones) is 2. The van der Waals surface area contributed by atoms with E-state index in [1.54, 1.807) is 6.92 Å². The van der Waals surface area contributed by atoms with Gasteiger partial charge in [0.1, 0.15) is 18.1 Å². The summed E-state index contributed by atoms with van der Waals surface area (Å²) in [6, 6.07) is 0. The lowest BCUT2D eigenvalue weighted by Crippen LogP contribution is -2.70. The number of methoxy groups -OCH3 is 1. The molecule has 0 unspecified atom stereocenters. The summed E-state index contributed by atoms with van der Waals surface area (Å²) in [5, 5.41) is 23.0. The van der Waals surface area contributed by atoms with Crippen molar-refractivity contribution in [3.63, 3.8) is 0 Å². The molecule has 1 saturated heterocycles. The van der Waals surface area contributed by atoms with Gasteiger partial charge in [0, 0.05) is 23.3 Å². The predicted molar refractivity (Wildman–Crippen MR) is 135 cm³/mol. The molecule has 41 heavy (non-hydrogen) atoms. The lowest BCUT2D eigenvalue weighted by Gasteiger charge is -2.65. The quantitative estimate of drug-likeness (QED) is 0.263. The lowest BCUT2D eigenvalue weighted by atomic mass is 9.44. The third-order valence-corrected chi connectivity index (χ3v) is 11.0. The molecule has 0 radical (unpaired) electrons. The van der Waals surface area contributed by atoms with Gasteiger partial charge in [-0.15, -0.1) is 0 Å². The zero-order valence-electron chi connectivity index (χ0n) is 23.0. The summed E-state index contributed by atoms with van der Waals surface area (Å²) < 4.78 is 35.1. The highest BCUT2D eigenvalue weighted by Crippen LogP contribution is 2.69. The summed E-state index contributed by atoms with van der Waals surface area (Å²) in [7, 11) is 1.24. The van der Waals surface area contributed by atoms with Gasteiger partial charge in [0.15, 0.2) is 6.29 Å². The van der Waals surface area contributed by atoms with Gasteiger partial charge < -0.3 is 38.6 Å². The summed E-state index contributed by atoms with van der Waals surface area (Å²) >= 11 is 0. The molecule has 1 spiro atoms. The van der Waals surface area contributed by atoms with Crippen molar-refractivity contribution in [2.24, 2.45) is 22.7 Å². The Bertz CT molecular complexity index is 1440. The molecule has 2 N–H and O–H groups in total. The molecular formula is C30H32O11. The van der Waals surface area contributed by atoms with Crippen LogP contribution in [-0.2, 0) is 42.8 Å². The fourth-order valence-electron chi connectivity index (χ4n) is 9.67. The maximum Gasteiger partial charge on any atom is 0.337 e. The first kappa shape index (κ1) is 25.8. The SMILES string of the molecule is COC(=O)[C@]12C3=C([C@H](C)O[C@H]1[C@@H]1C4=C(C(=O)OCC4=C[C@@]45C6=C(C(=O)OCC6)[C@@H](C[C@@H]14)O[C@@H]5C)[C@H]2O)[C@H](O)OCC3. The monoisotopic (exact) mass is 568 g/mol. The van der Waals surface area contributed by atoms with E-state index < -0.39 is 59.4 Å². The Hall–Kier alpha value is -2.83. The molecule has 10 atom stereocenters. The van der Waals surface area contributed by atoms with Crippen LogP contribution in [0.5, 0.6) is 0 Å². The fourth-order valence-corrected chi connectivity index (χ4v) is 9.67. The normalized spacial score (nSPS) is 45.9. The average Bonchev–Trinajstić information content (AvgIpc) is 2.95. The van der Waals surface area contributed by atoms with E-state index >= 15 is 0 Å². The molecule has 0 amide bonds. The van der Waals surface area contributed by atoms with Crippen LogP contribution in [0.1, 0.15) is 33.1 Å². The molecule has 9 rings (SSSR count). The van der Waals surface area contributed by atoms with Crippen LogP contribution in [0.3, 0.4) is 0 Å². The highest BCUT2D eigenvalue weighted by molar-refractivity contribution is 5.98. The van der Waals surface area contributed by atoms with E-state index in [0.29, 0.717) is 35.1 Å². The Balaban J connectivity index is 1.45. The first-order valence-corrected chi connectivity index (χ1v) is 14.3.